The third-order valence-corrected chi connectivity index (χ3v) is 4.08. The minimum absolute atomic E-state index is 0.0694. The van der Waals surface area contributed by atoms with Crippen LogP contribution in [0, 0.1) is 0 Å². The van der Waals surface area contributed by atoms with Crippen molar-refractivity contribution in [3.8, 4) is 0 Å². The number of rotatable bonds is 5. The summed E-state index contributed by atoms with van der Waals surface area (Å²) in [7, 11) is 0. The Morgan fingerprint density at radius 3 is 2.84 bits per heavy atom. The van der Waals surface area contributed by atoms with Crippen LogP contribution in [0.15, 0.2) is 6.20 Å². The van der Waals surface area contributed by atoms with Gasteiger partial charge in [-0.3, -0.25) is 4.79 Å². The molecule has 6 nitrogen and oxygen atoms in total. The third kappa shape index (κ3) is 4.15. The van der Waals surface area contributed by atoms with Crippen LogP contribution in [0.25, 0.3) is 0 Å². The molecule has 1 aliphatic rings. The van der Waals surface area contributed by atoms with Gasteiger partial charge < -0.3 is 20.8 Å². The highest BCUT2D eigenvalue weighted by Gasteiger charge is 2.20. The van der Waals surface area contributed by atoms with Crippen molar-refractivity contribution in [1.29, 1.82) is 0 Å². The minimum atomic E-state index is -0.210. The SMILES string of the molecule is O=C(NCCO)c1cnc(NC2CCC(O)CC2)s1. The predicted octanol–water partition coefficient (Wildman–Crippen LogP) is 0.581. The summed E-state index contributed by atoms with van der Waals surface area (Å²) in [6, 6.07) is 0.322. The van der Waals surface area contributed by atoms with Gasteiger partial charge in [0.2, 0.25) is 0 Å². The van der Waals surface area contributed by atoms with Crippen LogP contribution in [-0.4, -0.2) is 46.4 Å². The Kier molecular flexibility index (Phi) is 5.12. The number of aliphatic hydroxyl groups excluding tert-OH is 2. The van der Waals surface area contributed by atoms with E-state index in [4.69, 9.17) is 5.11 Å². The summed E-state index contributed by atoms with van der Waals surface area (Å²) in [6.07, 6.45) is 4.84. The Labute approximate surface area is 115 Å². The summed E-state index contributed by atoms with van der Waals surface area (Å²) in [5, 5.41) is 24.7. The lowest BCUT2D eigenvalue weighted by Crippen LogP contribution is -2.28. The van der Waals surface area contributed by atoms with Crippen molar-refractivity contribution < 1.29 is 15.0 Å². The van der Waals surface area contributed by atoms with Crippen molar-refractivity contribution in [2.45, 2.75) is 37.8 Å². The van der Waals surface area contributed by atoms with Crippen molar-refractivity contribution in [2.24, 2.45) is 0 Å². The molecule has 4 N–H and O–H groups in total. The number of amides is 1. The van der Waals surface area contributed by atoms with Crippen molar-refractivity contribution in [1.82, 2.24) is 10.3 Å². The molecule has 0 atom stereocenters. The predicted molar refractivity (Wildman–Crippen MR) is 73.4 cm³/mol. The van der Waals surface area contributed by atoms with E-state index in [0.29, 0.717) is 10.9 Å². The van der Waals surface area contributed by atoms with E-state index in [1.165, 1.54) is 17.5 Å². The molecule has 0 spiro atoms. The van der Waals surface area contributed by atoms with Crippen molar-refractivity contribution >= 4 is 22.4 Å². The van der Waals surface area contributed by atoms with E-state index >= 15 is 0 Å². The Morgan fingerprint density at radius 1 is 1.42 bits per heavy atom. The molecule has 0 aromatic carbocycles. The van der Waals surface area contributed by atoms with E-state index in [9.17, 15) is 9.90 Å². The van der Waals surface area contributed by atoms with Gasteiger partial charge in [0.25, 0.3) is 5.91 Å². The quantitative estimate of drug-likeness (QED) is 0.635. The number of nitrogens with one attached hydrogen (secondary N) is 2. The first-order chi connectivity index (χ1) is 9.19. The molecule has 1 amide bonds. The Bertz CT molecular complexity index is 416. The highest BCUT2D eigenvalue weighted by atomic mass is 32.1. The molecular formula is C12H19N3O3S. The molecule has 1 heterocycles. The number of anilines is 1. The standard InChI is InChI=1S/C12H19N3O3S/c16-6-5-13-11(18)10-7-14-12(19-10)15-8-1-3-9(17)4-2-8/h7-9,16-17H,1-6H2,(H,13,18)(H,14,15). The number of aliphatic hydroxyl groups is 2. The van der Waals surface area contributed by atoms with Gasteiger partial charge in [-0.2, -0.15) is 0 Å². The zero-order valence-corrected chi connectivity index (χ0v) is 11.4. The number of thiazole rings is 1. The fourth-order valence-electron chi connectivity index (χ4n) is 2.10. The average molecular weight is 285 g/mol. The highest BCUT2D eigenvalue weighted by molar-refractivity contribution is 7.17. The van der Waals surface area contributed by atoms with E-state index in [2.05, 4.69) is 15.6 Å². The van der Waals surface area contributed by atoms with Gasteiger partial charge in [0.15, 0.2) is 5.13 Å². The lowest BCUT2D eigenvalue weighted by Gasteiger charge is -2.25. The van der Waals surface area contributed by atoms with Gasteiger partial charge in [-0.15, -0.1) is 0 Å². The highest BCUT2D eigenvalue weighted by Crippen LogP contribution is 2.24. The maximum atomic E-state index is 11.6. The van der Waals surface area contributed by atoms with Crippen LogP contribution in [0.3, 0.4) is 0 Å². The molecular weight excluding hydrogens is 266 g/mol. The molecule has 7 heteroatoms. The van der Waals surface area contributed by atoms with Crippen LogP contribution in [0.4, 0.5) is 5.13 Å². The smallest absolute Gasteiger partial charge is 0.263 e. The fraction of sp³-hybridized carbons (Fsp3) is 0.667. The van der Waals surface area contributed by atoms with Gasteiger partial charge >= 0.3 is 0 Å². The molecule has 1 aliphatic carbocycles. The van der Waals surface area contributed by atoms with Gasteiger partial charge in [-0.25, -0.2) is 4.98 Å². The number of hydrogen-bond donors (Lipinski definition) is 4. The van der Waals surface area contributed by atoms with Crippen LogP contribution >= 0.6 is 11.3 Å². The zero-order valence-electron chi connectivity index (χ0n) is 10.6. The van der Waals surface area contributed by atoms with Gasteiger partial charge in [0, 0.05) is 12.6 Å². The molecule has 0 aliphatic heterocycles. The maximum absolute atomic E-state index is 11.6. The second-order valence-electron chi connectivity index (χ2n) is 4.66. The van der Waals surface area contributed by atoms with Crippen molar-refractivity contribution in [3.63, 3.8) is 0 Å². The Hall–Kier alpha value is -1.18. The molecule has 106 valence electrons. The topological polar surface area (TPSA) is 94.5 Å². The number of hydrogen-bond acceptors (Lipinski definition) is 6. The zero-order chi connectivity index (χ0) is 13.7. The third-order valence-electron chi connectivity index (χ3n) is 3.15. The average Bonchev–Trinajstić information content (AvgIpc) is 2.87. The second-order valence-corrected chi connectivity index (χ2v) is 5.69. The van der Waals surface area contributed by atoms with Crippen molar-refractivity contribution in [3.05, 3.63) is 11.1 Å². The molecule has 1 aromatic heterocycles. The molecule has 1 fully saturated rings. The van der Waals surface area contributed by atoms with E-state index in [0.717, 1.165) is 30.8 Å². The summed E-state index contributed by atoms with van der Waals surface area (Å²) in [6.45, 7) is 0.181. The lowest BCUT2D eigenvalue weighted by molar-refractivity contribution is 0.0948. The second kappa shape index (κ2) is 6.83. The van der Waals surface area contributed by atoms with Crippen LogP contribution in [-0.2, 0) is 0 Å². The first-order valence-corrected chi connectivity index (χ1v) is 7.30. The van der Waals surface area contributed by atoms with E-state index < -0.39 is 0 Å². The number of nitrogens with zero attached hydrogens (tertiary/aromatic N) is 1. The normalized spacial score (nSPS) is 23.1. The van der Waals surface area contributed by atoms with Crippen LogP contribution in [0.1, 0.15) is 35.4 Å². The molecule has 1 aromatic rings. The molecule has 0 radical (unpaired) electrons. The van der Waals surface area contributed by atoms with Gasteiger partial charge in [0.05, 0.1) is 18.9 Å². The summed E-state index contributed by atoms with van der Waals surface area (Å²) in [5.74, 6) is -0.210. The van der Waals surface area contributed by atoms with E-state index in [-0.39, 0.29) is 25.2 Å². The van der Waals surface area contributed by atoms with E-state index in [1.807, 2.05) is 0 Å². The maximum Gasteiger partial charge on any atom is 0.263 e. The molecule has 1 saturated carbocycles. The van der Waals surface area contributed by atoms with Gasteiger partial charge in [-0.1, -0.05) is 11.3 Å². The first-order valence-electron chi connectivity index (χ1n) is 6.48. The number of aromatic nitrogens is 1. The molecule has 19 heavy (non-hydrogen) atoms. The van der Waals surface area contributed by atoms with Gasteiger partial charge in [-0.05, 0) is 25.7 Å². The lowest BCUT2D eigenvalue weighted by atomic mass is 9.93. The molecule has 0 bridgehead atoms. The van der Waals surface area contributed by atoms with Gasteiger partial charge in [0.1, 0.15) is 4.88 Å². The van der Waals surface area contributed by atoms with E-state index in [1.54, 1.807) is 0 Å². The number of carbonyl (C=O) groups excluding carboxylic acids is 1. The fourth-order valence-corrected chi connectivity index (χ4v) is 2.91. The summed E-state index contributed by atoms with van der Waals surface area (Å²) in [5.41, 5.74) is 0. The summed E-state index contributed by atoms with van der Waals surface area (Å²) < 4.78 is 0. The molecule has 0 unspecified atom stereocenters. The van der Waals surface area contributed by atoms with Crippen molar-refractivity contribution in [2.75, 3.05) is 18.5 Å². The molecule has 2 rings (SSSR count). The Morgan fingerprint density at radius 2 is 2.16 bits per heavy atom. The first kappa shape index (κ1) is 14.2. The van der Waals surface area contributed by atoms with Crippen LogP contribution in [0.2, 0.25) is 0 Å². The summed E-state index contributed by atoms with van der Waals surface area (Å²) in [4.78, 5) is 16.4. The van der Waals surface area contributed by atoms with Crippen LogP contribution in [0.5, 0.6) is 0 Å². The van der Waals surface area contributed by atoms with Crippen LogP contribution < -0.4 is 10.6 Å². The summed E-state index contributed by atoms with van der Waals surface area (Å²) >= 11 is 1.31. The monoisotopic (exact) mass is 285 g/mol. The number of carbonyl (C=O) groups is 1. The molecule has 0 saturated heterocycles. The Balaban J connectivity index is 1.85. The largest absolute Gasteiger partial charge is 0.395 e. The minimum Gasteiger partial charge on any atom is -0.395 e.